The van der Waals surface area contributed by atoms with Gasteiger partial charge in [-0.1, -0.05) is 29.8 Å². The van der Waals surface area contributed by atoms with Crippen LogP contribution in [0.3, 0.4) is 0 Å². The van der Waals surface area contributed by atoms with Crippen LogP contribution in [0.25, 0.3) is 5.69 Å². The third kappa shape index (κ3) is 5.24. The lowest BCUT2D eigenvalue weighted by molar-refractivity contribution is -0.118. The quantitative estimate of drug-likeness (QED) is 0.565. The van der Waals surface area contributed by atoms with Crippen LogP contribution in [0.15, 0.2) is 54.7 Å². The van der Waals surface area contributed by atoms with E-state index in [0.717, 1.165) is 11.3 Å². The summed E-state index contributed by atoms with van der Waals surface area (Å²) < 4.78 is 7.14. The summed E-state index contributed by atoms with van der Waals surface area (Å²) in [6.45, 7) is 6.56. The molecule has 0 fully saturated rings. The van der Waals surface area contributed by atoms with Crippen molar-refractivity contribution in [1.29, 1.82) is 0 Å². The van der Waals surface area contributed by atoms with Gasteiger partial charge >= 0.3 is 0 Å². The van der Waals surface area contributed by atoms with Crippen LogP contribution in [-0.2, 0) is 4.79 Å². The number of carbonyl (C=O) groups is 2. The van der Waals surface area contributed by atoms with Crippen molar-refractivity contribution in [2.45, 2.75) is 20.8 Å². The molecule has 0 aliphatic rings. The minimum Gasteiger partial charge on any atom is -0.484 e. The molecule has 3 rings (SSSR count). The van der Waals surface area contributed by atoms with Gasteiger partial charge in [0.05, 0.1) is 11.9 Å². The van der Waals surface area contributed by atoms with E-state index >= 15 is 0 Å². The zero-order valence-electron chi connectivity index (χ0n) is 17.8. The van der Waals surface area contributed by atoms with E-state index in [9.17, 15) is 9.59 Å². The molecular formula is C23H25ClN4O3. The average Bonchev–Trinajstić information content (AvgIpc) is 3.19. The lowest BCUT2D eigenvalue weighted by atomic mass is 10.2. The number of nitrogens with zero attached hydrogens (tertiary/aromatic N) is 3. The van der Waals surface area contributed by atoms with Crippen LogP contribution in [-0.4, -0.2) is 46.2 Å². The summed E-state index contributed by atoms with van der Waals surface area (Å²) in [5.74, 6) is 0.243. The van der Waals surface area contributed by atoms with Gasteiger partial charge in [-0.3, -0.25) is 9.59 Å². The highest BCUT2D eigenvalue weighted by molar-refractivity contribution is 6.31. The largest absolute Gasteiger partial charge is 0.484 e. The van der Waals surface area contributed by atoms with Crippen LogP contribution in [0.5, 0.6) is 5.75 Å². The van der Waals surface area contributed by atoms with Gasteiger partial charge in [-0.15, -0.1) is 0 Å². The first-order valence-corrected chi connectivity index (χ1v) is 10.4. The van der Waals surface area contributed by atoms with Crippen molar-refractivity contribution in [3.63, 3.8) is 0 Å². The molecule has 31 heavy (non-hydrogen) atoms. The van der Waals surface area contributed by atoms with E-state index in [1.165, 1.54) is 6.20 Å². The molecule has 0 saturated heterocycles. The molecule has 0 spiro atoms. The summed E-state index contributed by atoms with van der Waals surface area (Å²) in [4.78, 5) is 27.3. The van der Waals surface area contributed by atoms with Crippen molar-refractivity contribution in [2.24, 2.45) is 0 Å². The fraction of sp³-hybridized carbons (Fsp3) is 0.261. The molecular weight excluding hydrogens is 416 g/mol. The summed E-state index contributed by atoms with van der Waals surface area (Å²) in [7, 11) is 0. The minimum absolute atomic E-state index is 0.197. The molecule has 162 valence electrons. The molecule has 0 unspecified atom stereocenters. The molecule has 0 saturated carbocycles. The standard InChI is InChI=1S/C23H25ClN4O3/c1-4-27(5-2)23(30)19-14-25-28(17-9-7-6-8-10-17)22(19)26-21(29)15-31-18-11-12-20(24)16(3)13-18/h6-14H,4-5,15H2,1-3H3,(H,26,29). The number of anilines is 1. The van der Waals surface area contributed by atoms with Gasteiger partial charge in [0.2, 0.25) is 0 Å². The Morgan fingerprint density at radius 3 is 2.48 bits per heavy atom. The molecule has 0 atom stereocenters. The summed E-state index contributed by atoms with van der Waals surface area (Å²) in [5, 5.41) is 7.78. The molecule has 0 aliphatic heterocycles. The molecule has 8 heteroatoms. The predicted molar refractivity (Wildman–Crippen MR) is 121 cm³/mol. The van der Waals surface area contributed by atoms with Crippen molar-refractivity contribution in [1.82, 2.24) is 14.7 Å². The van der Waals surface area contributed by atoms with Crippen molar-refractivity contribution in [3.8, 4) is 11.4 Å². The van der Waals surface area contributed by atoms with Crippen molar-refractivity contribution >= 4 is 29.2 Å². The van der Waals surface area contributed by atoms with Gasteiger partial charge in [0.15, 0.2) is 6.61 Å². The van der Waals surface area contributed by atoms with Gasteiger partial charge in [-0.2, -0.15) is 5.10 Å². The van der Waals surface area contributed by atoms with Gasteiger partial charge in [0.1, 0.15) is 17.1 Å². The third-order valence-electron chi connectivity index (χ3n) is 4.81. The number of halogens is 1. The van der Waals surface area contributed by atoms with Crippen LogP contribution in [0.4, 0.5) is 5.82 Å². The maximum Gasteiger partial charge on any atom is 0.263 e. The Bertz CT molecular complexity index is 1060. The molecule has 0 bridgehead atoms. The Morgan fingerprint density at radius 2 is 1.84 bits per heavy atom. The maximum absolute atomic E-state index is 13.0. The number of amides is 2. The lowest BCUT2D eigenvalue weighted by Gasteiger charge is -2.19. The number of hydrogen-bond donors (Lipinski definition) is 1. The number of nitrogens with one attached hydrogen (secondary N) is 1. The number of aromatic nitrogens is 2. The van der Waals surface area contributed by atoms with E-state index in [4.69, 9.17) is 16.3 Å². The minimum atomic E-state index is -0.404. The van der Waals surface area contributed by atoms with E-state index in [0.29, 0.717) is 35.2 Å². The zero-order valence-corrected chi connectivity index (χ0v) is 18.5. The number of para-hydroxylation sites is 1. The van der Waals surface area contributed by atoms with E-state index in [1.807, 2.05) is 51.1 Å². The predicted octanol–water partition coefficient (Wildman–Crippen LogP) is 4.33. The van der Waals surface area contributed by atoms with Gasteiger partial charge in [-0.25, -0.2) is 4.68 Å². The Kier molecular flexibility index (Phi) is 7.31. The monoisotopic (exact) mass is 440 g/mol. The highest BCUT2D eigenvalue weighted by atomic mass is 35.5. The SMILES string of the molecule is CCN(CC)C(=O)c1cnn(-c2ccccc2)c1NC(=O)COc1ccc(Cl)c(C)c1. The van der Waals surface area contributed by atoms with Gasteiger partial charge < -0.3 is 15.0 Å². The van der Waals surface area contributed by atoms with Gasteiger partial charge in [0, 0.05) is 18.1 Å². The molecule has 7 nitrogen and oxygen atoms in total. The summed E-state index contributed by atoms with van der Waals surface area (Å²) >= 11 is 6.03. The molecule has 2 amide bonds. The maximum atomic E-state index is 13.0. The number of hydrogen-bond acceptors (Lipinski definition) is 4. The number of carbonyl (C=O) groups excluding carboxylic acids is 2. The zero-order chi connectivity index (χ0) is 22.4. The molecule has 0 aliphatic carbocycles. The molecule has 2 aromatic carbocycles. The van der Waals surface area contributed by atoms with Crippen molar-refractivity contribution < 1.29 is 14.3 Å². The van der Waals surface area contributed by atoms with Crippen LogP contribution >= 0.6 is 11.6 Å². The Balaban J connectivity index is 1.84. The number of rotatable bonds is 8. The highest BCUT2D eigenvalue weighted by Crippen LogP contribution is 2.23. The number of ether oxygens (including phenoxy) is 1. The molecule has 1 N–H and O–H groups in total. The fourth-order valence-corrected chi connectivity index (χ4v) is 3.21. The Morgan fingerprint density at radius 1 is 1.13 bits per heavy atom. The summed E-state index contributed by atoms with van der Waals surface area (Å²) in [6, 6.07) is 14.5. The number of aryl methyl sites for hydroxylation is 1. The van der Waals surface area contributed by atoms with Crippen LogP contribution < -0.4 is 10.1 Å². The number of benzene rings is 2. The first-order chi connectivity index (χ1) is 14.9. The second-order valence-corrected chi connectivity index (χ2v) is 7.29. The van der Waals surface area contributed by atoms with E-state index in [2.05, 4.69) is 10.4 Å². The fourth-order valence-electron chi connectivity index (χ4n) is 3.10. The van der Waals surface area contributed by atoms with Crippen LogP contribution in [0.2, 0.25) is 5.02 Å². The van der Waals surface area contributed by atoms with Gasteiger partial charge in [0.25, 0.3) is 11.8 Å². The second-order valence-electron chi connectivity index (χ2n) is 6.88. The van der Waals surface area contributed by atoms with Crippen molar-refractivity contribution in [2.75, 3.05) is 25.0 Å². The van der Waals surface area contributed by atoms with Crippen molar-refractivity contribution in [3.05, 3.63) is 70.9 Å². The summed E-state index contributed by atoms with van der Waals surface area (Å²) in [5.41, 5.74) is 1.91. The third-order valence-corrected chi connectivity index (χ3v) is 5.23. The van der Waals surface area contributed by atoms with Crippen LogP contribution in [0.1, 0.15) is 29.8 Å². The highest BCUT2D eigenvalue weighted by Gasteiger charge is 2.23. The van der Waals surface area contributed by atoms with E-state index < -0.39 is 5.91 Å². The van der Waals surface area contributed by atoms with Gasteiger partial charge in [-0.05, 0) is 56.7 Å². The van der Waals surface area contributed by atoms with E-state index in [-0.39, 0.29) is 12.5 Å². The molecule has 1 aromatic heterocycles. The summed E-state index contributed by atoms with van der Waals surface area (Å²) in [6.07, 6.45) is 1.48. The molecule has 1 heterocycles. The topological polar surface area (TPSA) is 76.5 Å². The molecule has 3 aromatic rings. The van der Waals surface area contributed by atoms with Crippen LogP contribution in [0, 0.1) is 6.92 Å². The first-order valence-electron chi connectivity index (χ1n) is 10.1. The normalized spacial score (nSPS) is 10.6. The Hall–Kier alpha value is -3.32. The Labute approximate surface area is 186 Å². The lowest BCUT2D eigenvalue weighted by Crippen LogP contribution is -2.31. The first kappa shape index (κ1) is 22.4. The van der Waals surface area contributed by atoms with E-state index in [1.54, 1.807) is 27.8 Å². The molecule has 0 radical (unpaired) electrons. The second kappa shape index (κ2) is 10.1. The average molecular weight is 441 g/mol. The smallest absolute Gasteiger partial charge is 0.263 e.